The molecule has 2 N–H and O–H groups in total. The van der Waals surface area contributed by atoms with Gasteiger partial charge in [0, 0.05) is 30.3 Å². The van der Waals surface area contributed by atoms with Gasteiger partial charge in [-0.25, -0.2) is 4.79 Å². The van der Waals surface area contributed by atoms with E-state index in [1.807, 2.05) is 36.4 Å². The Kier molecular flexibility index (Phi) is 6.36. The lowest BCUT2D eigenvalue weighted by Crippen LogP contribution is -2.30. The minimum Gasteiger partial charge on any atom is -0.338 e. The second-order valence-electron chi connectivity index (χ2n) is 6.35. The number of nitrogens with one attached hydrogen (secondary N) is 2. The van der Waals surface area contributed by atoms with Crippen molar-refractivity contribution in [3.63, 3.8) is 0 Å². The molecule has 6 heteroatoms. The van der Waals surface area contributed by atoms with Crippen LogP contribution in [0.25, 0.3) is 0 Å². The topological polar surface area (TPSA) is 84.3 Å². The molecule has 0 fully saturated rings. The van der Waals surface area contributed by atoms with Crippen LogP contribution in [0.15, 0.2) is 84.9 Å². The summed E-state index contributed by atoms with van der Waals surface area (Å²) in [5.74, 6) is 0.182. The summed E-state index contributed by atoms with van der Waals surface area (Å²) in [6.45, 7) is 0.493. The van der Waals surface area contributed by atoms with Crippen molar-refractivity contribution in [2.45, 2.75) is 12.3 Å². The Morgan fingerprint density at radius 2 is 1.39 bits per heavy atom. The van der Waals surface area contributed by atoms with Crippen LogP contribution in [0.1, 0.15) is 23.5 Å². The quantitative estimate of drug-likeness (QED) is 0.453. The molecule has 28 heavy (non-hydrogen) atoms. The number of nitrogens with zero attached hydrogens (tertiary/aromatic N) is 1. The zero-order valence-electron chi connectivity index (χ0n) is 15.2. The SMILES string of the molecule is O=C(NCCC(c1ccccc1)c1ccccc1)Nc1ccc([N+](=O)[O-])cc1. The summed E-state index contributed by atoms with van der Waals surface area (Å²) in [5, 5.41) is 16.2. The molecule has 0 aliphatic carbocycles. The minimum atomic E-state index is -0.475. The Labute approximate surface area is 163 Å². The van der Waals surface area contributed by atoms with Crippen LogP contribution in [0.5, 0.6) is 0 Å². The van der Waals surface area contributed by atoms with E-state index >= 15 is 0 Å². The number of nitro groups is 1. The van der Waals surface area contributed by atoms with Crippen LogP contribution in [0.4, 0.5) is 16.2 Å². The number of carbonyl (C=O) groups is 1. The summed E-state index contributed by atoms with van der Waals surface area (Å²) >= 11 is 0. The first-order valence-electron chi connectivity index (χ1n) is 9.02. The molecule has 0 aliphatic heterocycles. The van der Waals surface area contributed by atoms with Crippen LogP contribution in [-0.2, 0) is 0 Å². The number of anilines is 1. The number of hydrogen-bond donors (Lipinski definition) is 2. The van der Waals surface area contributed by atoms with E-state index in [4.69, 9.17) is 0 Å². The molecular formula is C22H21N3O3. The molecular weight excluding hydrogens is 354 g/mol. The summed E-state index contributed by atoms with van der Waals surface area (Å²) in [4.78, 5) is 22.3. The van der Waals surface area contributed by atoms with E-state index in [1.54, 1.807) is 0 Å². The third-order valence-electron chi connectivity index (χ3n) is 4.46. The van der Waals surface area contributed by atoms with Gasteiger partial charge in [0.2, 0.25) is 0 Å². The monoisotopic (exact) mass is 375 g/mol. The van der Waals surface area contributed by atoms with Crippen LogP contribution >= 0.6 is 0 Å². The lowest BCUT2D eigenvalue weighted by atomic mass is 9.88. The highest BCUT2D eigenvalue weighted by molar-refractivity contribution is 5.89. The number of hydrogen-bond acceptors (Lipinski definition) is 3. The molecule has 0 aliphatic rings. The lowest BCUT2D eigenvalue weighted by molar-refractivity contribution is -0.384. The van der Waals surface area contributed by atoms with Crippen molar-refractivity contribution in [2.75, 3.05) is 11.9 Å². The third-order valence-corrected chi connectivity index (χ3v) is 4.46. The Morgan fingerprint density at radius 1 is 0.857 bits per heavy atom. The molecule has 6 nitrogen and oxygen atoms in total. The highest BCUT2D eigenvalue weighted by Crippen LogP contribution is 2.27. The molecule has 0 bridgehead atoms. The van der Waals surface area contributed by atoms with Crippen molar-refractivity contribution in [3.8, 4) is 0 Å². The zero-order valence-corrected chi connectivity index (χ0v) is 15.2. The number of urea groups is 1. The average Bonchev–Trinajstić information content (AvgIpc) is 2.73. The van der Waals surface area contributed by atoms with Crippen molar-refractivity contribution in [3.05, 3.63) is 106 Å². The van der Waals surface area contributed by atoms with E-state index in [0.717, 1.165) is 6.42 Å². The van der Waals surface area contributed by atoms with E-state index < -0.39 is 4.92 Å². The Hall–Kier alpha value is -3.67. The van der Waals surface area contributed by atoms with Gasteiger partial charge in [-0.2, -0.15) is 0 Å². The number of amides is 2. The van der Waals surface area contributed by atoms with Crippen LogP contribution in [-0.4, -0.2) is 17.5 Å². The number of carbonyl (C=O) groups excluding carboxylic acids is 1. The highest BCUT2D eigenvalue weighted by Gasteiger charge is 2.14. The number of nitro benzene ring substituents is 1. The molecule has 3 aromatic rings. The predicted octanol–water partition coefficient (Wildman–Crippen LogP) is 4.94. The van der Waals surface area contributed by atoms with Crippen LogP contribution in [0.2, 0.25) is 0 Å². The number of benzene rings is 3. The van der Waals surface area contributed by atoms with Gasteiger partial charge in [0.05, 0.1) is 4.92 Å². The molecule has 0 saturated carbocycles. The Balaban J connectivity index is 1.58. The van der Waals surface area contributed by atoms with Gasteiger partial charge in [-0.05, 0) is 29.7 Å². The number of non-ortho nitro benzene ring substituents is 1. The largest absolute Gasteiger partial charge is 0.338 e. The van der Waals surface area contributed by atoms with Gasteiger partial charge < -0.3 is 10.6 Å². The molecule has 0 saturated heterocycles. The van der Waals surface area contributed by atoms with Gasteiger partial charge in [-0.1, -0.05) is 60.7 Å². The summed E-state index contributed by atoms with van der Waals surface area (Å²) in [6.07, 6.45) is 0.752. The molecule has 0 radical (unpaired) electrons. The summed E-state index contributed by atoms with van der Waals surface area (Å²) in [5.41, 5.74) is 2.89. The smallest absolute Gasteiger partial charge is 0.319 e. The van der Waals surface area contributed by atoms with Crippen LogP contribution < -0.4 is 10.6 Å². The first kappa shape index (κ1) is 19.1. The van der Waals surface area contributed by atoms with Gasteiger partial charge >= 0.3 is 6.03 Å². The van der Waals surface area contributed by atoms with Crippen LogP contribution in [0, 0.1) is 10.1 Å². The second kappa shape index (κ2) is 9.32. The zero-order chi connectivity index (χ0) is 19.8. The first-order chi connectivity index (χ1) is 13.6. The first-order valence-corrected chi connectivity index (χ1v) is 9.02. The Bertz CT molecular complexity index is 873. The molecule has 0 atom stereocenters. The average molecular weight is 375 g/mol. The fraction of sp³-hybridized carbons (Fsp3) is 0.136. The van der Waals surface area contributed by atoms with E-state index in [1.165, 1.54) is 35.4 Å². The third kappa shape index (κ3) is 5.17. The molecule has 2 amide bonds. The fourth-order valence-corrected chi connectivity index (χ4v) is 3.07. The van der Waals surface area contributed by atoms with Gasteiger partial charge in [-0.15, -0.1) is 0 Å². The lowest BCUT2D eigenvalue weighted by Gasteiger charge is -2.18. The molecule has 0 unspecified atom stereocenters. The van der Waals surface area contributed by atoms with Gasteiger partial charge in [0.25, 0.3) is 5.69 Å². The number of rotatable bonds is 7. The Morgan fingerprint density at radius 3 is 1.89 bits per heavy atom. The summed E-state index contributed by atoms with van der Waals surface area (Å²) < 4.78 is 0. The fourth-order valence-electron chi connectivity index (χ4n) is 3.07. The summed E-state index contributed by atoms with van der Waals surface area (Å²) in [7, 11) is 0. The van der Waals surface area contributed by atoms with Crippen LogP contribution in [0.3, 0.4) is 0 Å². The molecule has 0 aromatic heterocycles. The van der Waals surface area contributed by atoms with Crippen molar-refractivity contribution < 1.29 is 9.72 Å². The van der Waals surface area contributed by atoms with Crippen molar-refractivity contribution >= 4 is 17.4 Å². The van der Waals surface area contributed by atoms with E-state index in [9.17, 15) is 14.9 Å². The maximum atomic E-state index is 12.1. The van der Waals surface area contributed by atoms with Crippen molar-refractivity contribution in [2.24, 2.45) is 0 Å². The maximum Gasteiger partial charge on any atom is 0.319 e. The minimum absolute atomic E-state index is 0.0143. The van der Waals surface area contributed by atoms with Gasteiger partial charge in [-0.3, -0.25) is 10.1 Å². The predicted molar refractivity (Wildman–Crippen MR) is 109 cm³/mol. The molecule has 3 rings (SSSR count). The van der Waals surface area contributed by atoms with Crippen molar-refractivity contribution in [1.29, 1.82) is 0 Å². The second-order valence-corrected chi connectivity index (χ2v) is 6.35. The maximum absolute atomic E-state index is 12.1. The molecule has 3 aromatic carbocycles. The van der Waals surface area contributed by atoms with E-state index in [0.29, 0.717) is 12.2 Å². The standard InChI is InChI=1S/C22H21N3O3/c26-22(24-19-11-13-20(14-12-19)25(27)28)23-16-15-21(17-7-3-1-4-8-17)18-9-5-2-6-10-18/h1-14,21H,15-16H2,(H2,23,24,26). The normalized spacial score (nSPS) is 10.5. The highest BCUT2D eigenvalue weighted by atomic mass is 16.6. The van der Waals surface area contributed by atoms with Crippen molar-refractivity contribution in [1.82, 2.24) is 5.32 Å². The molecule has 0 spiro atoms. The molecule has 142 valence electrons. The van der Waals surface area contributed by atoms with E-state index in [2.05, 4.69) is 34.9 Å². The van der Waals surface area contributed by atoms with Gasteiger partial charge in [0.15, 0.2) is 0 Å². The van der Waals surface area contributed by atoms with Gasteiger partial charge in [0.1, 0.15) is 0 Å². The summed E-state index contributed by atoms with van der Waals surface area (Å²) in [6, 6.07) is 25.8. The van der Waals surface area contributed by atoms with E-state index in [-0.39, 0.29) is 17.6 Å². The molecule has 0 heterocycles.